The van der Waals surface area contributed by atoms with Crippen molar-refractivity contribution in [3.63, 3.8) is 0 Å². The third kappa shape index (κ3) is 2.97. The molecular weight excluding hydrogens is 340 g/mol. The van der Waals surface area contributed by atoms with Crippen molar-refractivity contribution < 1.29 is 14.0 Å². The van der Waals surface area contributed by atoms with Gasteiger partial charge in [-0.05, 0) is 29.7 Å². The van der Waals surface area contributed by atoms with Crippen molar-refractivity contribution in [3.8, 4) is 0 Å². The molecule has 0 unspecified atom stereocenters. The zero-order valence-electron chi connectivity index (χ0n) is 15.2. The monoisotopic (exact) mass is 362 g/mol. The van der Waals surface area contributed by atoms with Crippen molar-refractivity contribution in [2.45, 2.75) is 19.3 Å². The number of carbonyl (C=O) groups is 2. The smallest absolute Gasteiger partial charge is 0.227 e. The van der Waals surface area contributed by atoms with Crippen LogP contribution in [0, 0.1) is 5.92 Å². The fraction of sp³-hybridized carbons (Fsp3) is 0.364. The highest BCUT2D eigenvalue weighted by Gasteiger charge is 2.35. The third-order valence-electron chi connectivity index (χ3n) is 5.75. The number of hydrogen-bond donors (Lipinski definition) is 0. The number of fused-ring (bicyclic) bond motifs is 3. The largest absolute Gasteiger partial charge is 0.464 e. The van der Waals surface area contributed by atoms with E-state index in [9.17, 15) is 9.59 Å². The summed E-state index contributed by atoms with van der Waals surface area (Å²) in [5, 5.41) is 3.29. The molecule has 2 aromatic carbocycles. The molecule has 5 heteroatoms. The van der Waals surface area contributed by atoms with E-state index in [0.29, 0.717) is 32.6 Å². The summed E-state index contributed by atoms with van der Waals surface area (Å²) in [6.45, 7) is 2.54. The first-order valence-electron chi connectivity index (χ1n) is 9.65. The lowest BCUT2D eigenvalue weighted by molar-refractivity contribution is -0.139. The Balaban J connectivity index is 1.33. The second-order valence-electron chi connectivity index (χ2n) is 7.58. The zero-order valence-corrected chi connectivity index (χ0v) is 15.2. The predicted octanol–water partition coefficient (Wildman–Crippen LogP) is 3.21. The van der Waals surface area contributed by atoms with E-state index < -0.39 is 0 Å². The minimum Gasteiger partial charge on any atom is -0.464 e. The van der Waals surface area contributed by atoms with Gasteiger partial charge >= 0.3 is 0 Å². The first-order chi connectivity index (χ1) is 13.2. The highest BCUT2D eigenvalue weighted by molar-refractivity contribution is 6.08. The lowest BCUT2D eigenvalue weighted by Crippen LogP contribution is -2.51. The summed E-state index contributed by atoms with van der Waals surface area (Å²) < 4.78 is 5.70. The molecule has 2 fully saturated rings. The summed E-state index contributed by atoms with van der Waals surface area (Å²) >= 11 is 0. The van der Waals surface area contributed by atoms with Crippen LogP contribution in [-0.2, 0) is 16.0 Å². The van der Waals surface area contributed by atoms with E-state index in [2.05, 4.69) is 12.1 Å². The lowest BCUT2D eigenvalue weighted by atomic mass is 10.0. The molecule has 0 N–H and O–H groups in total. The first-order valence-corrected chi connectivity index (χ1v) is 9.65. The van der Waals surface area contributed by atoms with Crippen molar-refractivity contribution in [2.75, 3.05) is 26.2 Å². The van der Waals surface area contributed by atoms with Crippen LogP contribution in [0.4, 0.5) is 0 Å². The maximum absolute atomic E-state index is 12.8. The van der Waals surface area contributed by atoms with E-state index >= 15 is 0 Å². The quantitative estimate of drug-likeness (QED) is 0.719. The fourth-order valence-corrected chi connectivity index (χ4v) is 4.04. The van der Waals surface area contributed by atoms with Gasteiger partial charge in [0.05, 0.1) is 12.7 Å². The van der Waals surface area contributed by atoms with E-state index in [0.717, 1.165) is 40.1 Å². The normalized spacial score (nSPS) is 17.6. The second-order valence-corrected chi connectivity index (χ2v) is 7.58. The number of nitrogens with zero attached hydrogens (tertiary/aromatic N) is 2. The van der Waals surface area contributed by atoms with Crippen LogP contribution in [0.1, 0.15) is 18.4 Å². The number of benzene rings is 2. The molecule has 0 bridgehead atoms. The van der Waals surface area contributed by atoms with Gasteiger partial charge in [0.2, 0.25) is 11.8 Å². The van der Waals surface area contributed by atoms with Crippen LogP contribution in [0.25, 0.3) is 21.7 Å². The Bertz CT molecular complexity index is 1030. The fourth-order valence-electron chi connectivity index (χ4n) is 4.04. The van der Waals surface area contributed by atoms with Crippen LogP contribution in [-0.4, -0.2) is 47.8 Å². The lowest BCUT2D eigenvalue weighted by Gasteiger charge is -2.35. The molecule has 5 rings (SSSR count). The number of rotatable bonds is 3. The van der Waals surface area contributed by atoms with Crippen molar-refractivity contribution in [2.24, 2.45) is 5.92 Å². The van der Waals surface area contributed by atoms with E-state index in [1.54, 1.807) is 6.26 Å². The predicted molar refractivity (Wildman–Crippen MR) is 103 cm³/mol. The molecule has 3 aromatic rings. The summed E-state index contributed by atoms with van der Waals surface area (Å²) in [5.41, 5.74) is 1.75. The maximum Gasteiger partial charge on any atom is 0.227 e. The van der Waals surface area contributed by atoms with E-state index in [-0.39, 0.29) is 17.7 Å². The van der Waals surface area contributed by atoms with Gasteiger partial charge in [0.25, 0.3) is 0 Å². The highest BCUT2D eigenvalue weighted by atomic mass is 16.3. The van der Waals surface area contributed by atoms with Crippen LogP contribution in [0.3, 0.4) is 0 Å². The molecule has 2 heterocycles. The Hall–Kier alpha value is -2.82. The zero-order chi connectivity index (χ0) is 18.4. The number of furan rings is 1. The van der Waals surface area contributed by atoms with Crippen molar-refractivity contribution >= 4 is 33.6 Å². The minimum absolute atomic E-state index is 0.101. The second kappa shape index (κ2) is 6.41. The summed E-state index contributed by atoms with van der Waals surface area (Å²) in [5.74, 6) is 0.622. The Morgan fingerprint density at radius 2 is 1.70 bits per heavy atom. The van der Waals surface area contributed by atoms with Gasteiger partial charge in [-0.2, -0.15) is 0 Å². The molecule has 2 aliphatic rings. The molecule has 27 heavy (non-hydrogen) atoms. The summed E-state index contributed by atoms with van der Waals surface area (Å²) in [6, 6.07) is 12.2. The minimum atomic E-state index is 0.101. The average molecular weight is 362 g/mol. The van der Waals surface area contributed by atoms with Gasteiger partial charge in [-0.1, -0.05) is 30.3 Å². The molecule has 5 nitrogen and oxygen atoms in total. The number of carbonyl (C=O) groups excluding carboxylic acids is 2. The van der Waals surface area contributed by atoms with Gasteiger partial charge in [-0.15, -0.1) is 0 Å². The standard InChI is InChI=1S/C22H22N2O3/c25-20(23-9-11-24(12-10-23)22(26)16-5-6-16)13-17-14-27-19-8-7-15-3-1-2-4-18(15)21(17)19/h1-4,7-8,14,16H,5-6,9-13H2. The van der Waals surface area contributed by atoms with Gasteiger partial charge < -0.3 is 14.2 Å². The Kier molecular flexibility index (Phi) is 3.88. The van der Waals surface area contributed by atoms with Crippen LogP contribution in [0.2, 0.25) is 0 Å². The van der Waals surface area contributed by atoms with Gasteiger partial charge in [0, 0.05) is 43.0 Å². The van der Waals surface area contributed by atoms with Crippen LogP contribution < -0.4 is 0 Å². The topological polar surface area (TPSA) is 53.8 Å². The van der Waals surface area contributed by atoms with Crippen molar-refractivity contribution in [3.05, 3.63) is 48.2 Å². The van der Waals surface area contributed by atoms with E-state index in [4.69, 9.17) is 4.42 Å². The molecule has 1 aliphatic carbocycles. The molecule has 1 aromatic heterocycles. The summed E-state index contributed by atoms with van der Waals surface area (Å²) in [6.07, 6.45) is 4.10. The van der Waals surface area contributed by atoms with Crippen LogP contribution in [0.15, 0.2) is 47.1 Å². The Labute approximate surface area is 157 Å². The molecule has 0 spiro atoms. The molecule has 138 valence electrons. The SMILES string of the molecule is O=C(Cc1coc2ccc3ccccc3c12)N1CCN(C(=O)C2CC2)CC1. The summed E-state index contributed by atoms with van der Waals surface area (Å²) in [7, 11) is 0. The number of amides is 2. The Morgan fingerprint density at radius 3 is 2.48 bits per heavy atom. The highest BCUT2D eigenvalue weighted by Crippen LogP contribution is 2.32. The van der Waals surface area contributed by atoms with E-state index in [1.807, 2.05) is 34.1 Å². The number of piperazine rings is 1. The molecule has 0 radical (unpaired) electrons. The van der Waals surface area contributed by atoms with Crippen molar-refractivity contribution in [1.29, 1.82) is 0 Å². The van der Waals surface area contributed by atoms with Crippen LogP contribution >= 0.6 is 0 Å². The van der Waals surface area contributed by atoms with E-state index in [1.165, 1.54) is 0 Å². The molecular formula is C22H22N2O3. The Morgan fingerprint density at radius 1 is 0.963 bits per heavy atom. The molecule has 1 saturated heterocycles. The van der Waals surface area contributed by atoms with Crippen LogP contribution in [0.5, 0.6) is 0 Å². The maximum atomic E-state index is 12.8. The van der Waals surface area contributed by atoms with Gasteiger partial charge in [-0.3, -0.25) is 9.59 Å². The molecule has 1 aliphatic heterocycles. The van der Waals surface area contributed by atoms with Gasteiger partial charge in [0.15, 0.2) is 0 Å². The average Bonchev–Trinajstić information content (AvgIpc) is 3.48. The number of hydrogen-bond acceptors (Lipinski definition) is 3. The van der Waals surface area contributed by atoms with Gasteiger partial charge in [0.1, 0.15) is 5.58 Å². The molecule has 1 saturated carbocycles. The molecule has 0 atom stereocenters. The first kappa shape index (κ1) is 16.4. The van der Waals surface area contributed by atoms with Crippen molar-refractivity contribution in [1.82, 2.24) is 9.80 Å². The molecule has 2 amide bonds. The summed E-state index contributed by atoms with van der Waals surface area (Å²) in [4.78, 5) is 28.8. The van der Waals surface area contributed by atoms with Gasteiger partial charge in [-0.25, -0.2) is 0 Å². The third-order valence-corrected chi connectivity index (χ3v) is 5.75.